The second-order valence-electron chi connectivity index (χ2n) is 7.63. The minimum atomic E-state index is -0.443. The van der Waals surface area contributed by atoms with Gasteiger partial charge in [-0.3, -0.25) is 9.59 Å². The standard InChI is InChI=1S/C22H28N2O6/c1-14-10-24(11-15(2)29-14)21(25)13-28-22(26)9-18-5-7-19(8-6-18)27-12-20-16(3)23-30-17(20)4/h5-8,14-15H,9-13H2,1-4H3/t14-,15+. The summed E-state index contributed by atoms with van der Waals surface area (Å²) < 4.78 is 21.7. The van der Waals surface area contributed by atoms with E-state index in [2.05, 4.69) is 5.16 Å². The fourth-order valence-corrected chi connectivity index (χ4v) is 3.40. The van der Waals surface area contributed by atoms with Crippen molar-refractivity contribution >= 4 is 11.9 Å². The zero-order valence-electron chi connectivity index (χ0n) is 17.8. The fraction of sp³-hybridized carbons (Fsp3) is 0.500. The van der Waals surface area contributed by atoms with Crippen LogP contribution in [0.1, 0.15) is 36.4 Å². The van der Waals surface area contributed by atoms with Crippen molar-refractivity contribution in [2.45, 2.75) is 52.9 Å². The number of benzene rings is 1. The van der Waals surface area contributed by atoms with Crippen LogP contribution in [0.2, 0.25) is 0 Å². The highest BCUT2D eigenvalue weighted by atomic mass is 16.5. The molecule has 0 saturated carbocycles. The van der Waals surface area contributed by atoms with E-state index in [1.165, 1.54) is 0 Å². The molecule has 1 fully saturated rings. The molecule has 2 aromatic rings. The molecule has 0 N–H and O–H groups in total. The zero-order valence-corrected chi connectivity index (χ0v) is 17.8. The van der Waals surface area contributed by atoms with E-state index in [1.807, 2.05) is 27.7 Å². The first-order valence-electron chi connectivity index (χ1n) is 10.0. The van der Waals surface area contributed by atoms with Crippen LogP contribution in [0.4, 0.5) is 0 Å². The lowest BCUT2D eigenvalue weighted by Crippen LogP contribution is -2.49. The normalized spacial score (nSPS) is 18.9. The Kier molecular flexibility index (Phi) is 7.10. The van der Waals surface area contributed by atoms with E-state index in [-0.39, 0.29) is 31.1 Å². The molecule has 3 rings (SSSR count). The number of aromatic nitrogens is 1. The molecule has 0 spiro atoms. The van der Waals surface area contributed by atoms with E-state index in [1.54, 1.807) is 29.2 Å². The first-order valence-corrected chi connectivity index (χ1v) is 10.0. The van der Waals surface area contributed by atoms with E-state index in [0.717, 1.165) is 22.6 Å². The van der Waals surface area contributed by atoms with Gasteiger partial charge in [-0.1, -0.05) is 17.3 Å². The predicted octanol–water partition coefficient (Wildman–Crippen LogP) is 2.59. The van der Waals surface area contributed by atoms with Gasteiger partial charge in [-0.05, 0) is 45.4 Å². The van der Waals surface area contributed by atoms with Gasteiger partial charge in [-0.25, -0.2) is 0 Å². The van der Waals surface area contributed by atoms with Gasteiger partial charge >= 0.3 is 5.97 Å². The van der Waals surface area contributed by atoms with Crippen LogP contribution in [-0.2, 0) is 32.1 Å². The van der Waals surface area contributed by atoms with Crippen LogP contribution in [0, 0.1) is 13.8 Å². The summed E-state index contributed by atoms with van der Waals surface area (Å²) in [4.78, 5) is 26.1. The molecule has 1 saturated heterocycles. The third-order valence-corrected chi connectivity index (χ3v) is 4.97. The molecule has 1 aliphatic heterocycles. The molecule has 1 aromatic heterocycles. The number of nitrogens with zero attached hydrogens (tertiary/aromatic N) is 2. The first-order chi connectivity index (χ1) is 14.3. The lowest BCUT2D eigenvalue weighted by molar-refractivity contribution is -0.156. The van der Waals surface area contributed by atoms with Gasteiger partial charge in [0.25, 0.3) is 5.91 Å². The van der Waals surface area contributed by atoms with Crippen molar-refractivity contribution in [3.05, 3.63) is 46.8 Å². The van der Waals surface area contributed by atoms with Gasteiger partial charge in [0.15, 0.2) is 6.61 Å². The molecule has 8 heteroatoms. The summed E-state index contributed by atoms with van der Waals surface area (Å²) in [7, 11) is 0. The Hall–Kier alpha value is -2.87. The zero-order chi connectivity index (χ0) is 21.7. The summed E-state index contributed by atoms with van der Waals surface area (Å²) in [6.07, 6.45) is 0.0475. The van der Waals surface area contributed by atoms with Gasteiger partial charge in [0.2, 0.25) is 0 Å². The number of ether oxygens (including phenoxy) is 3. The Bertz CT molecular complexity index is 847. The van der Waals surface area contributed by atoms with Crippen LogP contribution >= 0.6 is 0 Å². The summed E-state index contributed by atoms with van der Waals surface area (Å²) in [5, 5.41) is 3.90. The smallest absolute Gasteiger partial charge is 0.310 e. The lowest BCUT2D eigenvalue weighted by Gasteiger charge is -2.35. The molecule has 0 unspecified atom stereocenters. The number of hydrogen-bond acceptors (Lipinski definition) is 7. The summed E-state index contributed by atoms with van der Waals surface area (Å²) in [6.45, 7) is 8.69. The van der Waals surface area contributed by atoms with E-state index >= 15 is 0 Å². The molecular formula is C22H28N2O6. The number of aryl methyl sites for hydroxylation is 2. The largest absolute Gasteiger partial charge is 0.489 e. The lowest BCUT2D eigenvalue weighted by atomic mass is 10.1. The van der Waals surface area contributed by atoms with Crippen LogP contribution in [0.25, 0.3) is 0 Å². The van der Waals surface area contributed by atoms with Crippen LogP contribution in [0.15, 0.2) is 28.8 Å². The van der Waals surface area contributed by atoms with Crippen molar-refractivity contribution in [1.82, 2.24) is 10.1 Å². The van der Waals surface area contributed by atoms with Crippen molar-refractivity contribution in [2.24, 2.45) is 0 Å². The van der Waals surface area contributed by atoms with Crippen molar-refractivity contribution in [3.63, 3.8) is 0 Å². The second-order valence-corrected chi connectivity index (χ2v) is 7.63. The van der Waals surface area contributed by atoms with Gasteiger partial charge in [0.05, 0.1) is 29.9 Å². The minimum Gasteiger partial charge on any atom is -0.489 e. The highest BCUT2D eigenvalue weighted by molar-refractivity contribution is 5.81. The fourth-order valence-electron chi connectivity index (χ4n) is 3.40. The van der Waals surface area contributed by atoms with Gasteiger partial charge < -0.3 is 23.6 Å². The molecule has 1 aliphatic rings. The van der Waals surface area contributed by atoms with Crippen LogP contribution in [-0.4, -0.2) is 53.8 Å². The molecule has 162 valence electrons. The van der Waals surface area contributed by atoms with E-state index in [4.69, 9.17) is 18.7 Å². The van der Waals surface area contributed by atoms with Gasteiger partial charge in [0, 0.05) is 13.1 Å². The van der Waals surface area contributed by atoms with Crippen molar-refractivity contribution in [1.29, 1.82) is 0 Å². The molecule has 2 atom stereocenters. The van der Waals surface area contributed by atoms with Crippen LogP contribution in [0.5, 0.6) is 5.75 Å². The molecule has 30 heavy (non-hydrogen) atoms. The molecule has 2 heterocycles. The summed E-state index contributed by atoms with van der Waals surface area (Å²) in [5.74, 6) is 0.774. The maximum Gasteiger partial charge on any atom is 0.310 e. The number of rotatable bonds is 7. The Labute approximate surface area is 176 Å². The van der Waals surface area contributed by atoms with Crippen molar-refractivity contribution in [2.75, 3.05) is 19.7 Å². The van der Waals surface area contributed by atoms with Crippen molar-refractivity contribution in [3.8, 4) is 5.75 Å². The molecule has 0 radical (unpaired) electrons. The quantitative estimate of drug-likeness (QED) is 0.641. The number of hydrogen-bond donors (Lipinski definition) is 0. The molecule has 1 amide bonds. The number of amides is 1. The van der Waals surface area contributed by atoms with Gasteiger partial charge in [0.1, 0.15) is 18.1 Å². The molecular weight excluding hydrogens is 388 g/mol. The summed E-state index contributed by atoms with van der Waals surface area (Å²) in [6, 6.07) is 7.19. The molecule has 8 nitrogen and oxygen atoms in total. The predicted molar refractivity (Wildman–Crippen MR) is 108 cm³/mol. The monoisotopic (exact) mass is 416 g/mol. The maximum atomic E-state index is 12.3. The molecule has 0 aliphatic carbocycles. The topological polar surface area (TPSA) is 91.1 Å². The first kappa shape index (κ1) is 21.8. The molecule has 0 bridgehead atoms. The van der Waals surface area contributed by atoms with Gasteiger partial charge in [-0.2, -0.15) is 0 Å². The number of carbonyl (C=O) groups is 2. The van der Waals surface area contributed by atoms with Crippen LogP contribution in [0.3, 0.4) is 0 Å². The summed E-state index contributed by atoms with van der Waals surface area (Å²) >= 11 is 0. The Morgan fingerprint density at radius 1 is 1.13 bits per heavy atom. The SMILES string of the molecule is Cc1noc(C)c1COc1ccc(CC(=O)OCC(=O)N2C[C@@H](C)O[C@@H](C)C2)cc1. The van der Waals surface area contributed by atoms with E-state index < -0.39 is 5.97 Å². The number of esters is 1. The highest BCUT2D eigenvalue weighted by Crippen LogP contribution is 2.18. The minimum absolute atomic E-state index is 0.0215. The third kappa shape index (κ3) is 5.82. The number of morpholine rings is 1. The average Bonchev–Trinajstić information content (AvgIpc) is 3.02. The van der Waals surface area contributed by atoms with E-state index in [9.17, 15) is 9.59 Å². The molecule has 1 aromatic carbocycles. The van der Waals surface area contributed by atoms with E-state index in [0.29, 0.717) is 25.4 Å². The number of carbonyl (C=O) groups excluding carboxylic acids is 2. The van der Waals surface area contributed by atoms with Crippen LogP contribution < -0.4 is 4.74 Å². The Morgan fingerprint density at radius 2 is 1.80 bits per heavy atom. The third-order valence-electron chi connectivity index (χ3n) is 4.97. The summed E-state index contributed by atoms with van der Waals surface area (Å²) in [5.41, 5.74) is 2.52. The average molecular weight is 416 g/mol. The maximum absolute atomic E-state index is 12.3. The van der Waals surface area contributed by atoms with Crippen molar-refractivity contribution < 1.29 is 28.3 Å². The Morgan fingerprint density at radius 3 is 2.40 bits per heavy atom. The highest BCUT2D eigenvalue weighted by Gasteiger charge is 2.26. The second kappa shape index (κ2) is 9.75. The van der Waals surface area contributed by atoms with Gasteiger partial charge in [-0.15, -0.1) is 0 Å². The Balaban J connectivity index is 1.43.